The lowest BCUT2D eigenvalue weighted by Crippen LogP contribution is -2.41. The summed E-state index contributed by atoms with van der Waals surface area (Å²) in [5, 5.41) is 6.86. The van der Waals surface area contributed by atoms with Gasteiger partial charge in [-0.25, -0.2) is 13.1 Å². The highest BCUT2D eigenvalue weighted by Gasteiger charge is 2.18. The van der Waals surface area contributed by atoms with E-state index in [-0.39, 0.29) is 0 Å². The van der Waals surface area contributed by atoms with Gasteiger partial charge in [-0.3, -0.25) is 0 Å². The van der Waals surface area contributed by atoms with Crippen molar-refractivity contribution in [1.29, 1.82) is 0 Å². The molecule has 3 N–H and O–H groups in total. The van der Waals surface area contributed by atoms with E-state index in [0.717, 1.165) is 25.1 Å². The smallest absolute Gasteiger partial charge is 0.240 e. The van der Waals surface area contributed by atoms with Crippen molar-refractivity contribution in [3.8, 4) is 0 Å². The molecular formula is C13H21N3O2S. The second-order valence-electron chi connectivity index (χ2n) is 4.95. The van der Waals surface area contributed by atoms with Crippen LogP contribution in [-0.4, -0.2) is 34.1 Å². The maximum absolute atomic E-state index is 11.6. The van der Waals surface area contributed by atoms with Crippen molar-refractivity contribution in [2.75, 3.05) is 18.9 Å². The predicted octanol–water partition coefficient (Wildman–Crippen LogP) is 1.15. The summed E-state index contributed by atoms with van der Waals surface area (Å²) in [7, 11) is -1.93. The van der Waals surface area contributed by atoms with Gasteiger partial charge in [0, 0.05) is 17.8 Å². The summed E-state index contributed by atoms with van der Waals surface area (Å²) in [6.07, 6.45) is 2.16. The lowest BCUT2D eigenvalue weighted by molar-refractivity contribution is 0.396. The van der Waals surface area contributed by atoms with Crippen LogP contribution in [-0.2, 0) is 10.0 Å². The fourth-order valence-corrected chi connectivity index (χ4v) is 3.08. The van der Waals surface area contributed by atoms with Crippen LogP contribution >= 0.6 is 0 Å². The molecule has 0 spiro atoms. The van der Waals surface area contributed by atoms with Crippen LogP contribution in [0, 0.1) is 0 Å². The highest BCUT2D eigenvalue weighted by Crippen LogP contribution is 2.18. The van der Waals surface area contributed by atoms with Gasteiger partial charge in [-0.15, -0.1) is 0 Å². The lowest BCUT2D eigenvalue weighted by atomic mass is 10.0. The number of hydrogen-bond acceptors (Lipinski definition) is 4. The molecule has 2 rings (SSSR count). The van der Waals surface area contributed by atoms with Crippen molar-refractivity contribution in [3.05, 3.63) is 24.3 Å². The van der Waals surface area contributed by atoms with E-state index in [1.54, 1.807) is 12.1 Å². The van der Waals surface area contributed by atoms with Crippen LogP contribution in [0.5, 0.6) is 0 Å². The van der Waals surface area contributed by atoms with Crippen molar-refractivity contribution in [2.24, 2.45) is 0 Å². The second-order valence-corrected chi connectivity index (χ2v) is 6.84. The Bertz CT molecular complexity index is 513. The van der Waals surface area contributed by atoms with E-state index in [1.165, 1.54) is 7.05 Å². The van der Waals surface area contributed by atoms with Crippen LogP contribution in [0.3, 0.4) is 0 Å². The molecule has 1 aromatic carbocycles. The lowest BCUT2D eigenvalue weighted by Gasteiger charge is -2.29. The topological polar surface area (TPSA) is 70.2 Å². The van der Waals surface area contributed by atoms with Gasteiger partial charge < -0.3 is 10.6 Å². The molecule has 1 aliphatic heterocycles. The number of anilines is 1. The molecule has 0 bridgehead atoms. The molecule has 1 fully saturated rings. The van der Waals surface area contributed by atoms with Crippen LogP contribution in [0.2, 0.25) is 0 Å². The molecule has 5 nitrogen and oxygen atoms in total. The number of sulfonamides is 1. The Morgan fingerprint density at radius 3 is 2.53 bits per heavy atom. The molecule has 2 unspecified atom stereocenters. The summed E-state index contributed by atoms with van der Waals surface area (Å²) >= 11 is 0. The first kappa shape index (κ1) is 14.3. The Hall–Kier alpha value is -1.11. The largest absolute Gasteiger partial charge is 0.382 e. The molecule has 0 amide bonds. The van der Waals surface area contributed by atoms with Crippen LogP contribution in [0.25, 0.3) is 0 Å². The average Bonchev–Trinajstić information content (AvgIpc) is 2.39. The fourth-order valence-electron chi connectivity index (χ4n) is 2.35. The van der Waals surface area contributed by atoms with E-state index >= 15 is 0 Å². The third-order valence-electron chi connectivity index (χ3n) is 3.43. The number of hydrogen-bond donors (Lipinski definition) is 3. The van der Waals surface area contributed by atoms with Crippen LogP contribution in [0.1, 0.15) is 19.8 Å². The van der Waals surface area contributed by atoms with Gasteiger partial charge in [0.1, 0.15) is 0 Å². The fraction of sp³-hybridized carbons (Fsp3) is 0.538. The number of piperidine rings is 1. The van der Waals surface area contributed by atoms with Crippen LogP contribution in [0.4, 0.5) is 5.69 Å². The first-order valence-electron chi connectivity index (χ1n) is 6.55. The van der Waals surface area contributed by atoms with E-state index in [2.05, 4.69) is 22.3 Å². The zero-order valence-corrected chi connectivity index (χ0v) is 12.1. The SMILES string of the molecule is CNS(=O)(=O)c1ccc(NC2CCNC(C)C2)cc1. The van der Waals surface area contributed by atoms with E-state index in [4.69, 9.17) is 0 Å². The second kappa shape index (κ2) is 5.90. The molecule has 6 heteroatoms. The zero-order valence-electron chi connectivity index (χ0n) is 11.3. The number of rotatable bonds is 4. The molecule has 106 valence electrons. The summed E-state index contributed by atoms with van der Waals surface area (Å²) in [6.45, 7) is 3.20. The van der Waals surface area contributed by atoms with Gasteiger partial charge in [0.25, 0.3) is 0 Å². The normalized spacial score (nSPS) is 24.1. The Morgan fingerprint density at radius 1 is 1.26 bits per heavy atom. The standard InChI is InChI=1S/C13H21N3O2S/c1-10-9-12(7-8-15-10)16-11-3-5-13(6-4-11)19(17,18)14-2/h3-6,10,12,14-16H,7-9H2,1-2H3. The molecule has 0 aromatic heterocycles. The Labute approximate surface area is 114 Å². The van der Waals surface area contributed by atoms with Crippen molar-refractivity contribution in [2.45, 2.75) is 36.7 Å². The van der Waals surface area contributed by atoms with E-state index < -0.39 is 10.0 Å². The Balaban J connectivity index is 2.03. The van der Waals surface area contributed by atoms with Gasteiger partial charge in [-0.1, -0.05) is 0 Å². The molecule has 0 aliphatic carbocycles. The van der Waals surface area contributed by atoms with E-state index in [9.17, 15) is 8.42 Å². The summed E-state index contributed by atoms with van der Waals surface area (Å²) in [5.74, 6) is 0. The van der Waals surface area contributed by atoms with Crippen molar-refractivity contribution in [3.63, 3.8) is 0 Å². The van der Waals surface area contributed by atoms with Crippen LogP contribution in [0.15, 0.2) is 29.2 Å². The molecule has 1 saturated heterocycles. The molecule has 0 saturated carbocycles. The third-order valence-corrected chi connectivity index (χ3v) is 4.86. The van der Waals surface area contributed by atoms with Crippen LogP contribution < -0.4 is 15.4 Å². The molecular weight excluding hydrogens is 262 g/mol. The molecule has 0 radical (unpaired) electrons. The molecule has 1 aliphatic rings. The zero-order chi connectivity index (χ0) is 13.9. The molecule has 2 atom stereocenters. The summed E-state index contributed by atoms with van der Waals surface area (Å²) in [6, 6.07) is 7.85. The van der Waals surface area contributed by atoms with Gasteiger partial charge in [0.2, 0.25) is 10.0 Å². The highest BCUT2D eigenvalue weighted by atomic mass is 32.2. The molecule has 1 heterocycles. The summed E-state index contributed by atoms with van der Waals surface area (Å²) < 4.78 is 25.5. The van der Waals surface area contributed by atoms with Gasteiger partial charge in [0.05, 0.1) is 4.90 Å². The van der Waals surface area contributed by atoms with Crippen molar-refractivity contribution < 1.29 is 8.42 Å². The predicted molar refractivity (Wildman–Crippen MR) is 76.8 cm³/mol. The monoisotopic (exact) mass is 283 g/mol. The first-order chi connectivity index (χ1) is 9.01. The van der Waals surface area contributed by atoms with Crippen molar-refractivity contribution in [1.82, 2.24) is 10.0 Å². The van der Waals surface area contributed by atoms with Gasteiger partial charge >= 0.3 is 0 Å². The van der Waals surface area contributed by atoms with Crippen molar-refractivity contribution >= 4 is 15.7 Å². The summed E-state index contributed by atoms with van der Waals surface area (Å²) in [4.78, 5) is 0.291. The minimum atomic E-state index is -3.34. The maximum Gasteiger partial charge on any atom is 0.240 e. The summed E-state index contributed by atoms with van der Waals surface area (Å²) in [5.41, 5.74) is 0.967. The van der Waals surface area contributed by atoms with Gasteiger partial charge in [-0.05, 0) is 57.6 Å². The molecule has 1 aromatic rings. The Morgan fingerprint density at radius 2 is 1.95 bits per heavy atom. The third kappa shape index (κ3) is 3.68. The minimum absolute atomic E-state index is 0.291. The number of benzene rings is 1. The minimum Gasteiger partial charge on any atom is -0.382 e. The highest BCUT2D eigenvalue weighted by molar-refractivity contribution is 7.89. The molecule has 19 heavy (non-hydrogen) atoms. The van der Waals surface area contributed by atoms with Gasteiger partial charge in [0.15, 0.2) is 0 Å². The quantitative estimate of drug-likeness (QED) is 0.775. The first-order valence-corrected chi connectivity index (χ1v) is 8.03. The number of nitrogens with one attached hydrogen (secondary N) is 3. The van der Waals surface area contributed by atoms with Gasteiger partial charge in [-0.2, -0.15) is 0 Å². The average molecular weight is 283 g/mol. The van der Waals surface area contributed by atoms with E-state index in [0.29, 0.717) is 17.0 Å². The Kier molecular flexibility index (Phi) is 4.44. The van der Waals surface area contributed by atoms with E-state index in [1.807, 2.05) is 12.1 Å². The maximum atomic E-state index is 11.6.